The highest BCUT2D eigenvalue weighted by Gasteiger charge is 2.22. The minimum Gasteiger partial charge on any atom is -0.340 e. The number of nitrogens with one attached hydrogen (secondary N) is 1. The zero-order chi connectivity index (χ0) is 14.9. The predicted molar refractivity (Wildman–Crippen MR) is 84.7 cm³/mol. The largest absolute Gasteiger partial charge is 0.340 e. The molecule has 2 heterocycles. The predicted octanol–water partition coefficient (Wildman–Crippen LogP) is 3.46. The molecule has 0 aliphatic heterocycles. The van der Waals surface area contributed by atoms with Crippen LogP contribution in [0.25, 0.3) is 11.0 Å². The van der Waals surface area contributed by atoms with E-state index in [1.54, 1.807) is 18.3 Å². The lowest BCUT2D eigenvalue weighted by Crippen LogP contribution is -1.99. The molecule has 5 heteroatoms. The SMILES string of the molecule is N#Cc1ccc(Nc2cc3c(cn2)ncn3CC2CC2)cc1. The summed E-state index contributed by atoms with van der Waals surface area (Å²) in [5, 5.41) is 12.1. The molecule has 2 aromatic heterocycles. The van der Waals surface area contributed by atoms with Gasteiger partial charge < -0.3 is 9.88 Å². The maximum Gasteiger partial charge on any atom is 0.132 e. The van der Waals surface area contributed by atoms with Crippen molar-refractivity contribution in [1.29, 1.82) is 5.26 Å². The summed E-state index contributed by atoms with van der Waals surface area (Å²) in [6, 6.07) is 11.5. The molecule has 1 aromatic carbocycles. The van der Waals surface area contributed by atoms with E-state index in [9.17, 15) is 0 Å². The van der Waals surface area contributed by atoms with Crippen LogP contribution in [0.4, 0.5) is 11.5 Å². The summed E-state index contributed by atoms with van der Waals surface area (Å²) in [6.07, 6.45) is 6.34. The van der Waals surface area contributed by atoms with E-state index < -0.39 is 0 Å². The molecule has 5 nitrogen and oxygen atoms in total. The molecule has 0 saturated heterocycles. The third kappa shape index (κ3) is 2.51. The Morgan fingerprint density at radius 2 is 2.05 bits per heavy atom. The van der Waals surface area contributed by atoms with Gasteiger partial charge in [-0.25, -0.2) is 9.97 Å². The first-order chi connectivity index (χ1) is 10.8. The smallest absolute Gasteiger partial charge is 0.132 e. The number of rotatable bonds is 4. The fourth-order valence-corrected chi connectivity index (χ4v) is 2.53. The van der Waals surface area contributed by atoms with Gasteiger partial charge in [0.05, 0.1) is 29.7 Å². The number of aromatic nitrogens is 3. The van der Waals surface area contributed by atoms with Crippen molar-refractivity contribution in [3.8, 4) is 6.07 Å². The number of nitrogens with zero attached hydrogens (tertiary/aromatic N) is 4. The van der Waals surface area contributed by atoms with E-state index in [2.05, 4.69) is 25.9 Å². The van der Waals surface area contributed by atoms with Crippen LogP contribution in [-0.2, 0) is 6.54 Å². The van der Waals surface area contributed by atoms with E-state index in [-0.39, 0.29) is 0 Å². The van der Waals surface area contributed by atoms with Gasteiger partial charge >= 0.3 is 0 Å². The lowest BCUT2D eigenvalue weighted by molar-refractivity contribution is 0.642. The van der Waals surface area contributed by atoms with Crippen LogP contribution in [-0.4, -0.2) is 14.5 Å². The minimum atomic E-state index is 0.650. The molecule has 0 radical (unpaired) electrons. The summed E-state index contributed by atoms with van der Waals surface area (Å²) >= 11 is 0. The summed E-state index contributed by atoms with van der Waals surface area (Å²) in [5.41, 5.74) is 3.60. The van der Waals surface area contributed by atoms with Crippen molar-refractivity contribution < 1.29 is 0 Å². The van der Waals surface area contributed by atoms with E-state index >= 15 is 0 Å². The summed E-state index contributed by atoms with van der Waals surface area (Å²) in [6.45, 7) is 1.04. The molecular formula is C17H15N5. The van der Waals surface area contributed by atoms with Gasteiger partial charge in [0, 0.05) is 18.3 Å². The molecule has 108 valence electrons. The molecule has 3 aromatic rings. The Kier molecular flexibility index (Phi) is 3.01. The van der Waals surface area contributed by atoms with Gasteiger partial charge in [0.2, 0.25) is 0 Å². The van der Waals surface area contributed by atoms with Crippen LogP contribution < -0.4 is 5.32 Å². The zero-order valence-electron chi connectivity index (χ0n) is 12.0. The highest BCUT2D eigenvalue weighted by atomic mass is 15.1. The van der Waals surface area contributed by atoms with Crippen molar-refractivity contribution in [3.05, 3.63) is 48.4 Å². The first kappa shape index (κ1) is 12.8. The Labute approximate surface area is 128 Å². The maximum atomic E-state index is 8.83. The van der Waals surface area contributed by atoms with E-state index in [0.29, 0.717) is 5.56 Å². The molecule has 22 heavy (non-hydrogen) atoms. The average Bonchev–Trinajstić information content (AvgIpc) is 3.29. The molecule has 0 amide bonds. The van der Waals surface area contributed by atoms with Crippen molar-refractivity contribution in [3.63, 3.8) is 0 Å². The van der Waals surface area contributed by atoms with Gasteiger partial charge in [-0.3, -0.25) is 0 Å². The van der Waals surface area contributed by atoms with Crippen molar-refractivity contribution in [2.24, 2.45) is 5.92 Å². The summed E-state index contributed by atoms with van der Waals surface area (Å²) in [4.78, 5) is 8.81. The van der Waals surface area contributed by atoms with E-state index in [0.717, 1.165) is 35.0 Å². The summed E-state index contributed by atoms with van der Waals surface area (Å²) in [7, 11) is 0. The second-order valence-corrected chi connectivity index (χ2v) is 5.71. The topological polar surface area (TPSA) is 66.5 Å². The van der Waals surface area contributed by atoms with Gasteiger partial charge in [-0.1, -0.05) is 0 Å². The fourth-order valence-electron chi connectivity index (χ4n) is 2.53. The number of imidazole rings is 1. The Bertz CT molecular complexity index is 853. The number of hydrogen-bond acceptors (Lipinski definition) is 4. The number of benzene rings is 1. The van der Waals surface area contributed by atoms with Gasteiger partial charge in [-0.2, -0.15) is 5.26 Å². The van der Waals surface area contributed by atoms with Crippen molar-refractivity contribution in [1.82, 2.24) is 14.5 Å². The molecule has 4 rings (SSSR count). The first-order valence-electron chi connectivity index (χ1n) is 7.40. The van der Waals surface area contributed by atoms with Gasteiger partial charge in [0.15, 0.2) is 0 Å². The maximum absolute atomic E-state index is 8.83. The van der Waals surface area contributed by atoms with E-state index in [4.69, 9.17) is 5.26 Å². The van der Waals surface area contributed by atoms with E-state index in [1.807, 2.05) is 24.5 Å². The molecule has 0 atom stereocenters. The molecule has 1 aliphatic rings. The molecule has 0 unspecified atom stereocenters. The minimum absolute atomic E-state index is 0.650. The highest BCUT2D eigenvalue weighted by molar-refractivity contribution is 5.78. The van der Waals surface area contributed by atoms with Crippen LogP contribution in [0.2, 0.25) is 0 Å². The number of nitriles is 1. The van der Waals surface area contributed by atoms with Crippen LogP contribution in [0, 0.1) is 17.2 Å². The van der Waals surface area contributed by atoms with Gasteiger partial charge in [0.25, 0.3) is 0 Å². The lowest BCUT2D eigenvalue weighted by Gasteiger charge is -2.07. The molecular weight excluding hydrogens is 274 g/mol. The van der Waals surface area contributed by atoms with Crippen LogP contribution in [0.15, 0.2) is 42.9 Å². The Balaban J connectivity index is 1.61. The Hall–Kier alpha value is -2.87. The second kappa shape index (κ2) is 5.15. The van der Waals surface area contributed by atoms with Crippen molar-refractivity contribution >= 4 is 22.5 Å². The zero-order valence-corrected chi connectivity index (χ0v) is 12.0. The quantitative estimate of drug-likeness (QED) is 0.798. The van der Waals surface area contributed by atoms with Gasteiger partial charge in [-0.05, 0) is 43.0 Å². The Morgan fingerprint density at radius 3 is 2.77 bits per heavy atom. The fraction of sp³-hybridized carbons (Fsp3) is 0.235. The lowest BCUT2D eigenvalue weighted by atomic mass is 10.2. The number of hydrogen-bond donors (Lipinski definition) is 1. The average molecular weight is 289 g/mol. The van der Waals surface area contributed by atoms with Gasteiger partial charge in [0.1, 0.15) is 11.3 Å². The van der Waals surface area contributed by atoms with Crippen molar-refractivity contribution in [2.75, 3.05) is 5.32 Å². The molecule has 0 spiro atoms. The number of pyridine rings is 1. The Morgan fingerprint density at radius 1 is 1.23 bits per heavy atom. The second-order valence-electron chi connectivity index (χ2n) is 5.71. The van der Waals surface area contributed by atoms with Crippen LogP contribution in [0.5, 0.6) is 0 Å². The number of anilines is 2. The molecule has 0 bridgehead atoms. The molecule has 1 N–H and O–H groups in total. The normalized spacial score (nSPS) is 14.0. The summed E-state index contributed by atoms with van der Waals surface area (Å²) < 4.78 is 2.21. The molecule has 1 fully saturated rings. The molecule has 1 saturated carbocycles. The third-order valence-electron chi connectivity index (χ3n) is 3.95. The molecule has 1 aliphatic carbocycles. The van der Waals surface area contributed by atoms with Crippen LogP contribution in [0.1, 0.15) is 18.4 Å². The van der Waals surface area contributed by atoms with Gasteiger partial charge in [-0.15, -0.1) is 0 Å². The third-order valence-corrected chi connectivity index (χ3v) is 3.95. The van der Waals surface area contributed by atoms with Crippen molar-refractivity contribution in [2.45, 2.75) is 19.4 Å². The first-order valence-corrected chi connectivity index (χ1v) is 7.40. The standard InChI is InChI=1S/C17H15N5/c18-8-12-3-5-14(6-4-12)21-17-7-16-15(9-19-17)20-11-22(16)10-13-1-2-13/h3-7,9,11,13H,1-2,10H2,(H,19,21). The summed E-state index contributed by atoms with van der Waals surface area (Å²) in [5.74, 6) is 1.59. The highest BCUT2D eigenvalue weighted by Crippen LogP contribution is 2.32. The van der Waals surface area contributed by atoms with Crippen LogP contribution in [0.3, 0.4) is 0 Å². The monoisotopic (exact) mass is 289 g/mol. The number of fused-ring (bicyclic) bond motifs is 1. The van der Waals surface area contributed by atoms with E-state index in [1.165, 1.54) is 12.8 Å². The van der Waals surface area contributed by atoms with Crippen LogP contribution >= 0.6 is 0 Å².